The van der Waals surface area contributed by atoms with E-state index in [2.05, 4.69) is 161 Å². The number of aliphatic imine (C=N–C) groups is 4. The van der Waals surface area contributed by atoms with E-state index in [-0.39, 0.29) is 5.92 Å². The van der Waals surface area contributed by atoms with E-state index in [1.165, 1.54) is 16.7 Å². The average molecular weight is 759 g/mol. The number of amidine groups is 3. The van der Waals surface area contributed by atoms with Gasteiger partial charge in [0.2, 0.25) is 5.96 Å². The Hall–Kier alpha value is -7.52. The van der Waals surface area contributed by atoms with Crippen molar-refractivity contribution < 1.29 is 4.74 Å². The highest BCUT2D eigenvalue weighted by molar-refractivity contribution is 6.26. The summed E-state index contributed by atoms with van der Waals surface area (Å²) in [7, 11) is 5.51. The number of guanidine groups is 1. The summed E-state index contributed by atoms with van der Waals surface area (Å²) in [5.41, 5.74) is 10.3. The highest BCUT2D eigenvalue weighted by atomic mass is 16.5. The Kier molecular flexibility index (Phi) is 9.92. The quantitative estimate of drug-likeness (QED) is 0.130. The van der Waals surface area contributed by atoms with Gasteiger partial charge in [-0.15, -0.1) is 0 Å². The molecule has 6 aromatic carbocycles. The van der Waals surface area contributed by atoms with E-state index in [0.717, 1.165) is 46.0 Å². The first kappa shape index (κ1) is 36.1. The van der Waals surface area contributed by atoms with Crippen LogP contribution in [0, 0.1) is 0 Å². The van der Waals surface area contributed by atoms with Crippen LogP contribution >= 0.6 is 0 Å². The zero-order valence-electron chi connectivity index (χ0n) is 32.5. The van der Waals surface area contributed by atoms with Crippen LogP contribution < -0.4 is 15.5 Å². The SMILES string of the molecule is CNc1cc(C(Cc2ccccc2)c2ccccc2)ccc1C1=NC2=CC(OC)=CC3=NC(c4ccc(N(c5ccccc5)c5ccccc5)cc4NC)=NC(=N1)N23. The minimum absolute atomic E-state index is 0.153. The maximum absolute atomic E-state index is 5.76. The number of allylic oxidation sites excluding steroid dienone is 1. The lowest BCUT2D eigenvalue weighted by molar-refractivity contribution is 0.304. The summed E-state index contributed by atoms with van der Waals surface area (Å²) in [6.07, 6.45) is 4.65. The van der Waals surface area contributed by atoms with Crippen LogP contribution in [0.4, 0.5) is 28.4 Å². The van der Waals surface area contributed by atoms with E-state index in [0.29, 0.717) is 35.0 Å². The number of ether oxygens (including phenoxy) is 1. The largest absolute Gasteiger partial charge is 0.496 e. The second-order valence-corrected chi connectivity index (χ2v) is 14.0. The van der Waals surface area contributed by atoms with Crippen molar-refractivity contribution >= 4 is 51.9 Å². The van der Waals surface area contributed by atoms with Gasteiger partial charge in [0.05, 0.1) is 7.11 Å². The molecule has 6 aromatic rings. The van der Waals surface area contributed by atoms with Gasteiger partial charge < -0.3 is 20.3 Å². The Morgan fingerprint density at radius 3 is 1.79 bits per heavy atom. The number of methoxy groups -OCH3 is 1. The molecule has 0 saturated carbocycles. The van der Waals surface area contributed by atoms with Crippen molar-refractivity contribution in [3.05, 3.63) is 209 Å². The van der Waals surface area contributed by atoms with E-state index in [4.69, 9.17) is 24.7 Å². The normalized spacial score (nSPS) is 14.7. The molecule has 0 amide bonds. The molecular weight excluding hydrogens is 717 g/mol. The van der Waals surface area contributed by atoms with Gasteiger partial charge in [0.1, 0.15) is 17.4 Å². The van der Waals surface area contributed by atoms with Gasteiger partial charge >= 0.3 is 0 Å². The number of nitrogens with zero attached hydrogens (tertiary/aromatic N) is 6. The molecule has 9 rings (SSSR count). The summed E-state index contributed by atoms with van der Waals surface area (Å²) in [6, 6.07) is 54.9. The monoisotopic (exact) mass is 758 g/mol. The molecule has 3 heterocycles. The van der Waals surface area contributed by atoms with Crippen molar-refractivity contribution in [2.75, 3.05) is 36.7 Å². The zero-order chi connectivity index (χ0) is 39.4. The molecule has 1 unspecified atom stereocenters. The Bertz CT molecular complexity index is 2610. The minimum atomic E-state index is 0.153. The van der Waals surface area contributed by atoms with Crippen molar-refractivity contribution in [1.29, 1.82) is 0 Å². The van der Waals surface area contributed by atoms with Crippen LogP contribution in [0.25, 0.3) is 0 Å². The number of nitrogens with one attached hydrogen (secondary N) is 2. The molecule has 9 nitrogen and oxygen atoms in total. The smallest absolute Gasteiger partial charge is 0.241 e. The second kappa shape index (κ2) is 15.9. The summed E-state index contributed by atoms with van der Waals surface area (Å²) in [5, 5.41) is 6.86. The highest BCUT2D eigenvalue weighted by Crippen LogP contribution is 2.38. The molecule has 0 aromatic heterocycles. The maximum Gasteiger partial charge on any atom is 0.241 e. The van der Waals surface area contributed by atoms with Gasteiger partial charge in [-0.1, -0.05) is 103 Å². The Balaban J connectivity index is 1.11. The lowest BCUT2D eigenvalue weighted by Crippen LogP contribution is -2.42. The van der Waals surface area contributed by atoms with Crippen molar-refractivity contribution in [3.63, 3.8) is 0 Å². The second-order valence-electron chi connectivity index (χ2n) is 14.0. The van der Waals surface area contributed by atoms with E-state index >= 15 is 0 Å². The zero-order valence-corrected chi connectivity index (χ0v) is 32.5. The van der Waals surface area contributed by atoms with E-state index < -0.39 is 0 Å². The fourth-order valence-electron chi connectivity index (χ4n) is 7.67. The molecule has 0 bridgehead atoms. The molecule has 0 aliphatic carbocycles. The maximum atomic E-state index is 5.76. The number of hydrogen-bond acceptors (Lipinski definition) is 9. The first-order valence-electron chi connectivity index (χ1n) is 19.4. The molecule has 3 aliphatic rings. The molecule has 1 atom stereocenters. The molecular formula is C49H42N8O. The fraction of sp³-hybridized carbons (Fsp3) is 0.102. The summed E-state index contributed by atoms with van der Waals surface area (Å²) >= 11 is 0. The molecule has 0 spiro atoms. The summed E-state index contributed by atoms with van der Waals surface area (Å²) in [6.45, 7) is 0. The van der Waals surface area contributed by atoms with Gasteiger partial charge in [-0.2, -0.15) is 9.98 Å². The van der Waals surface area contributed by atoms with E-state index in [9.17, 15) is 0 Å². The molecule has 58 heavy (non-hydrogen) atoms. The third kappa shape index (κ3) is 7.05. The minimum Gasteiger partial charge on any atom is -0.496 e. The Labute approximate surface area is 338 Å². The Morgan fingerprint density at radius 2 is 1.16 bits per heavy atom. The molecule has 3 aliphatic heterocycles. The van der Waals surface area contributed by atoms with Crippen LogP contribution in [-0.4, -0.2) is 49.6 Å². The van der Waals surface area contributed by atoms with Crippen LogP contribution in [0.5, 0.6) is 0 Å². The highest BCUT2D eigenvalue weighted by Gasteiger charge is 2.34. The number of para-hydroxylation sites is 2. The molecule has 0 saturated heterocycles. The molecule has 0 radical (unpaired) electrons. The van der Waals surface area contributed by atoms with Gasteiger partial charge in [0.15, 0.2) is 11.7 Å². The number of hydrogen-bond donors (Lipinski definition) is 2. The topological polar surface area (TPSA) is 89.2 Å². The van der Waals surface area contributed by atoms with Crippen molar-refractivity contribution in [2.45, 2.75) is 12.3 Å². The lowest BCUT2D eigenvalue weighted by atomic mass is 9.85. The van der Waals surface area contributed by atoms with Crippen molar-refractivity contribution in [1.82, 2.24) is 4.90 Å². The number of benzene rings is 6. The van der Waals surface area contributed by atoms with Crippen LogP contribution in [0.1, 0.15) is 33.7 Å². The van der Waals surface area contributed by atoms with Crippen molar-refractivity contribution in [3.8, 4) is 0 Å². The van der Waals surface area contributed by atoms with E-state index in [1.54, 1.807) is 7.11 Å². The molecule has 284 valence electrons. The van der Waals surface area contributed by atoms with Crippen LogP contribution in [-0.2, 0) is 11.2 Å². The predicted octanol–water partition coefficient (Wildman–Crippen LogP) is 10.3. The van der Waals surface area contributed by atoms with Crippen molar-refractivity contribution in [2.24, 2.45) is 20.0 Å². The third-order valence-corrected chi connectivity index (χ3v) is 10.5. The number of rotatable bonds is 12. The van der Waals surface area contributed by atoms with E-state index in [1.807, 2.05) is 43.3 Å². The van der Waals surface area contributed by atoms with Gasteiger partial charge in [0.25, 0.3) is 0 Å². The summed E-state index contributed by atoms with van der Waals surface area (Å²) in [4.78, 5) is 24.5. The average Bonchev–Trinajstić information content (AvgIpc) is 3.29. The molecule has 9 heteroatoms. The first-order chi connectivity index (χ1) is 28.6. The Morgan fingerprint density at radius 1 is 0.569 bits per heavy atom. The lowest BCUT2D eigenvalue weighted by Gasteiger charge is -2.33. The number of anilines is 5. The third-order valence-electron chi connectivity index (χ3n) is 10.5. The fourth-order valence-corrected chi connectivity index (χ4v) is 7.67. The van der Waals surface area contributed by atoms with Gasteiger partial charge in [-0.3, -0.25) is 0 Å². The van der Waals surface area contributed by atoms with Gasteiger partial charge in [-0.25, -0.2) is 14.9 Å². The predicted molar refractivity (Wildman–Crippen MR) is 238 cm³/mol. The van der Waals surface area contributed by atoms with Gasteiger partial charge in [-0.05, 0) is 77.7 Å². The first-order valence-corrected chi connectivity index (χ1v) is 19.4. The standard InChI is InChI=1S/C49H42N8O/c1-50-43-29-35(42(34-18-10-5-11-19-34)28-33-16-8-4-9-17-33)24-26-40(43)47-52-45-31-39(58-3)32-46-53-48(55-49(54-47)57(45)46)41-27-25-38(30-44(41)51-2)56(36-20-12-6-13-21-36)37-22-14-7-15-23-37/h4-27,29-32,42,50-51H,28H2,1-3H3. The van der Waals surface area contributed by atoms with Crippen LogP contribution in [0.2, 0.25) is 0 Å². The molecule has 0 fully saturated rings. The molecule has 2 N–H and O–H groups in total. The van der Waals surface area contributed by atoms with Gasteiger partial charge in [0, 0.05) is 71.7 Å². The summed E-state index contributed by atoms with van der Waals surface area (Å²) < 4.78 is 5.76. The van der Waals surface area contributed by atoms with Crippen LogP contribution in [0.15, 0.2) is 201 Å². The van der Waals surface area contributed by atoms with Crippen LogP contribution in [0.3, 0.4) is 0 Å². The summed E-state index contributed by atoms with van der Waals surface area (Å²) in [5.74, 6) is 3.58.